The molecule has 116 valence electrons. The van der Waals surface area contributed by atoms with Gasteiger partial charge in [0.05, 0.1) is 0 Å². The second-order valence-corrected chi connectivity index (χ2v) is 6.23. The van der Waals surface area contributed by atoms with Crippen molar-refractivity contribution in [3.05, 3.63) is 100 Å². The maximum absolute atomic E-state index is 10.1. The minimum atomic E-state index is 0.127. The van der Waals surface area contributed by atoms with Gasteiger partial charge in [-0.2, -0.15) is 0 Å². The monoisotopic (exact) mass is 302 g/mol. The Kier molecular flexibility index (Phi) is 4.20. The van der Waals surface area contributed by atoms with Crippen LogP contribution >= 0.6 is 0 Å². The number of hydrogen-bond acceptors (Lipinski definition) is 1. The molecule has 0 aliphatic carbocycles. The van der Waals surface area contributed by atoms with Crippen LogP contribution in [0.2, 0.25) is 0 Å². The lowest BCUT2D eigenvalue weighted by molar-refractivity contribution is 0.470. The second-order valence-electron chi connectivity index (χ2n) is 6.23. The highest BCUT2D eigenvalue weighted by Gasteiger charge is 2.18. The standard InChI is InChI=1S/C22H22O/c1-15-9-11-19(13-17(15)3)22(18-7-5-4-6-8-18)20-12-10-16(2)21(23)14-20/h4-14,22-23H,1-3H3. The van der Waals surface area contributed by atoms with E-state index < -0.39 is 0 Å². The lowest BCUT2D eigenvalue weighted by atomic mass is 9.84. The number of rotatable bonds is 3. The molecule has 3 aromatic carbocycles. The maximum Gasteiger partial charge on any atom is 0.118 e. The predicted octanol–water partition coefficient (Wildman–Crippen LogP) is 5.50. The Morgan fingerprint density at radius 2 is 1.22 bits per heavy atom. The van der Waals surface area contributed by atoms with Crippen LogP contribution < -0.4 is 0 Å². The molecule has 0 spiro atoms. The van der Waals surface area contributed by atoms with Gasteiger partial charge in [0.1, 0.15) is 5.75 Å². The highest BCUT2D eigenvalue weighted by atomic mass is 16.3. The zero-order chi connectivity index (χ0) is 16.4. The van der Waals surface area contributed by atoms with E-state index in [0.717, 1.165) is 11.1 Å². The van der Waals surface area contributed by atoms with E-state index in [2.05, 4.69) is 62.4 Å². The molecule has 0 amide bonds. The Labute approximate surface area is 138 Å². The fraction of sp³-hybridized carbons (Fsp3) is 0.182. The van der Waals surface area contributed by atoms with Crippen LogP contribution in [0.3, 0.4) is 0 Å². The third-order valence-electron chi connectivity index (χ3n) is 4.56. The van der Waals surface area contributed by atoms with Gasteiger partial charge in [-0.15, -0.1) is 0 Å². The van der Waals surface area contributed by atoms with E-state index in [0.29, 0.717) is 5.75 Å². The maximum atomic E-state index is 10.1. The van der Waals surface area contributed by atoms with Gasteiger partial charge in [-0.25, -0.2) is 0 Å². The van der Waals surface area contributed by atoms with Gasteiger partial charge in [-0.05, 0) is 60.2 Å². The zero-order valence-corrected chi connectivity index (χ0v) is 13.9. The smallest absolute Gasteiger partial charge is 0.118 e. The summed E-state index contributed by atoms with van der Waals surface area (Å²) in [5.74, 6) is 0.481. The number of phenols is 1. The first-order chi connectivity index (χ1) is 11.1. The van der Waals surface area contributed by atoms with Crippen LogP contribution in [0.5, 0.6) is 5.75 Å². The van der Waals surface area contributed by atoms with Crippen LogP contribution in [0, 0.1) is 20.8 Å². The molecule has 0 aliphatic rings. The van der Waals surface area contributed by atoms with Gasteiger partial charge < -0.3 is 5.11 Å². The minimum Gasteiger partial charge on any atom is -0.508 e. The van der Waals surface area contributed by atoms with Crippen molar-refractivity contribution in [2.45, 2.75) is 26.7 Å². The third kappa shape index (κ3) is 3.14. The second kappa shape index (κ2) is 6.29. The lowest BCUT2D eigenvalue weighted by Gasteiger charge is -2.20. The summed E-state index contributed by atoms with van der Waals surface area (Å²) < 4.78 is 0. The Bertz CT molecular complexity index is 767. The molecule has 0 bridgehead atoms. The van der Waals surface area contributed by atoms with Crippen molar-refractivity contribution in [2.24, 2.45) is 0 Å². The summed E-state index contributed by atoms with van der Waals surface area (Å²) in [6, 6.07) is 23.1. The van der Waals surface area contributed by atoms with Crippen LogP contribution in [0.1, 0.15) is 39.3 Å². The van der Waals surface area contributed by atoms with E-state index in [-0.39, 0.29) is 5.92 Å². The molecule has 0 radical (unpaired) electrons. The third-order valence-corrected chi connectivity index (χ3v) is 4.56. The molecular weight excluding hydrogens is 280 g/mol. The van der Waals surface area contributed by atoms with Crippen LogP contribution in [0.15, 0.2) is 66.7 Å². The molecule has 0 fully saturated rings. The quantitative estimate of drug-likeness (QED) is 0.634. The highest BCUT2D eigenvalue weighted by molar-refractivity contribution is 5.48. The van der Waals surface area contributed by atoms with Gasteiger partial charge in [0, 0.05) is 5.92 Å². The van der Waals surface area contributed by atoms with E-state index in [1.165, 1.54) is 22.3 Å². The van der Waals surface area contributed by atoms with Crippen molar-refractivity contribution in [1.29, 1.82) is 0 Å². The molecule has 3 rings (SSSR count). The molecule has 1 N–H and O–H groups in total. The van der Waals surface area contributed by atoms with Gasteiger partial charge in [0.2, 0.25) is 0 Å². The molecular formula is C22H22O. The normalized spacial score (nSPS) is 12.1. The van der Waals surface area contributed by atoms with Crippen molar-refractivity contribution in [2.75, 3.05) is 0 Å². The molecule has 1 unspecified atom stereocenters. The average molecular weight is 302 g/mol. The summed E-state index contributed by atoms with van der Waals surface area (Å²) in [5, 5.41) is 10.1. The SMILES string of the molecule is Cc1ccc(C(c2ccccc2)c2ccc(C)c(O)c2)cc1C. The van der Waals surface area contributed by atoms with E-state index in [4.69, 9.17) is 0 Å². The minimum absolute atomic E-state index is 0.127. The molecule has 1 heteroatoms. The topological polar surface area (TPSA) is 20.2 Å². The summed E-state index contributed by atoms with van der Waals surface area (Å²) in [7, 11) is 0. The first kappa shape index (κ1) is 15.4. The van der Waals surface area contributed by atoms with Crippen LogP contribution in [0.25, 0.3) is 0 Å². The zero-order valence-electron chi connectivity index (χ0n) is 13.9. The van der Waals surface area contributed by atoms with Crippen molar-refractivity contribution in [3.8, 4) is 5.75 Å². The lowest BCUT2D eigenvalue weighted by Crippen LogP contribution is -2.04. The number of phenolic OH excluding ortho intramolecular Hbond substituents is 1. The van der Waals surface area contributed by atoms with Gasteiger partial charge in [-0.1, -0.05) is 60.7 Å². The predicted molar refractivity (Wildman–Crippen MR) is 96.1 cm³/mol. The molecule has 3 aromatic rings. The van der Waals surface area contributed by atoms with Gasteiger partial charge >= 0.3 is 0 Å². The molecule has 0 saturated carbocycles. The molecule has 0 heterocycles. The van der Waals surface area contributed by atoms with Crippen LogP contribution in [0.4, 0.5) is 0 Å². The Morgan fingerprint density at radius 1 is 0.609 bits per heavy atom. The van der Waals surface area contributed by atoms with Crippen LogP contribution in [-0.2, 0) is 0 Å². The number of hydrogen-bond donors (Lipinski definition) is 1. The summed E-state index contributed by atoms with van der Waals surface area (Å²) in [5.41, 5.74) is 7.09. The molecule has 0 saturated heterocycles. The van der Waals surface area contributed by atoms with Gasteiger partial charge in [0.15, 0.2) is 0 Å². The highest BCUT2D eigenvalue weighted by Crippen LogP contribution is 2.34. The first-order valence-electron chi connectivity index (χ1n) is 7.98. The van der Waals surface area contributed by atoms with E-state index in [1.807, 2.05) is 25.1 Å². The summed E-state index contributed by atoms with van der Waals surface area (Å²) >= 11 is 0. The van der Waals surface area contributed by atoms with E-state index in [1.54, 1.807) is 0 Å². The number of aryl methyl sites for hydroxylation is 3. The Morgan fingerprint density at radius 3 is 1.83 bits per heavy atom. The molecule has 23 heavy (non-hydrogen) atoms. The Hall–Kier alpha value is -2.54. The molecule has 1 atom stereocenters. The summed E-state index contributed by atoms with van der Waals surface area (Å²) in [6.45, 7) is 6.20. The fourth-order valence-electron chi connectivity index (χ4n) is 2.97. The van der Waals surface area contributed by atoms with E-state index >= 15 is 0 Å². The number of benzene rings is 3. The van der Waals surface area contributed by atoms with Crippen molar-refractivity contribution in [1.82, 2.24) is 0 Å². The van der Waals surface area contributed by atoms with Gasteiger partial charge in [-0.3, -0.25) is 0 Å². The Balaban J connectivity index is 2.17. The fourth-order valence-corrected chi connectivity index (χ4v) is 2.97. The van der Waals surface area contributed by atoms with Crippen molar-refractivity contribution >= 4 is 0 Å². The average Bonchev–Trinajstić information content (AvgIpc) is 2.55. The van der Waals surface area contributed by atoms with Gasteiger partial charge in [0.25, 0.3) is 0 Å². The van der Waals surface area contributed by atoms with Crippen molar-refractivity contribution in [3.63, 3.8) is 0 Å². The summed E-state index contributed by atoms with van der Waals surface area (Å²) in [4.78, 5) is 0. The molecule has 0 aliphatic heterocycles. The van der Waals surface area contributed by atoms with Crippen LogP contribution in [-0.4, -0.2) is 5.11 Å². The number of aromatic hydroxyl groups is 1. The largest absolute Gasteiger partial charge is 0.508 e. The summed E-state index contributed by atoms with van der Waals surface area (Å²) in [6.07, 6.45) is 0. The van der Waals surface area contributed by atoms with Crippen molar-refractivity contribution < 1.29 is 5.11 Å². The van der Waals surface area contributed by atoms with E-state index in [9.17, 15) is 5.11 Å². The first-order valence-corrected chi connectivity index (χ1v) is 7.98. The molecule has 1 nitrogen and oxygen atoms in total. The molecule has 0 aromatic heterocycles.